The van der Waals surface area contributed by atoms with Crippen LogP contribution in [-0.4, -0.2) is 14.5 Å². The van der Waals surface area contributed by atoms with Crippen LogP contribution in [0.3, 0.4) is 0 Å². The van der Waals surface area contributed by atoms with Gasteiger partial charge in [-0.2, -0.15) is 5.26 Å². The molecule has 0 spiro atoms. The van der Waals surface area contributed by atoms with Gasteiger partial charge in [-0.15, -0.1) is 0 Å². The maximum atomic E-state index is 9.90. The first-order chi connectivity index (χ1) is 30.4. The Kier molecular flexibility index (Phi) is 8.53. The quantitative estimate of drug-likeness (QED) is 0.158. The van der Waals surface area contributed by atoms with E-state index in [4.69, 9.17) is 16.5 Å². The molecule has 0 unspecified atom stereocenters. The fourth-order valence-electron chi connectivity index (χ4n) is 9.55. The summed E-state index contributed by atoms with van der Waals surface area (Å²) >= 11 is 0. The molecule has 10 aromatic rings. The molecule has 0 amide bonds. The van der Waals surface area contributed by atoms with Gasteiger partial charge in [-0.3, -0.25) is 0 Å². The molecular formula is C57H37N5. The number of rotatable bonds is 6. The van der Waals surface area contributed by atoms with Crippen molar-refractivity contribution in [3.63, 3.8) is 0 Å². The Morgan fingerprint density at radius 3 is 1.74 bits per heavy atom. The minimum Gasteiger partial charge on any atom is -0.308 e. The fraction of sp³-hybridized carbons (Fsp3) is 0.0526. The molecule has 0 radical (unpaired) electrons. The summed E-state index contributed by atoms with van der Waals surface area (Å²) < 4.78 is 2.43. The van der Waals surface area contributed by atoms with E-state index in [1.807, 2.05) is 84.9 Å². The first-order valence-electron chi connectivity index (χ1n) is 20.7. The van der Waals surface area contributed by atoms with E-state index in [0.717, 1.165) is 67.1 Å². The third-order valence-electron chi connectivity index (χ3n) is 12.4. The lowest BCUT2D eigenvalue weighted by Gasteiger charge is -2.23. The molecule has 0 fully saturated rings. The highest BCUT2D eigenvalue weighted by atomic mass is 15.0. The van der Waals surface area contributed by atoms with Gasteiger partial charge in [-0.1, -0.05) is 159 Å². The van der Waals surface area contributed by atoms with E-state index in [1.54, 1.807) is 0 Å². The van der Waals surface area contributed by atoms with Gasteiger partial charge in [0.1, 0.15) is 0 Å². The lowest BCUT2D eigenvalue weighted by Crippen LogP contribution is -2.15. The van der Waals surface area contributed by atoms with E-state index in [0.29, 0.717) is 17.1 Å². The van der Waals surface area contributed by atoms with Gasteiger partial charge in [0.2, 0.25) is 0 Å². The van der Waals surface area contributed by atoms with E-state index >= 15 is 0 Å². The van der Waals surface area contributed by atoms with Crippen LogP contribution in [0, 0.1) is 17.9 Å². The summed E-state index contributed by atoms with van der Waals surface area (Å²) in [6, 6.07) is 67.1. The lowest BCUT2D eigenvalue weighted by atomic mass is 9.80. The first kappa shape index (κ1) is 36.7. The second-order valence-electron chi connectivity index (χ2n) is 16.4. The molecule has 0 bridgehead atoms. The second kappa shape index (κ2) is 14.4. The zero-order valence-electron chi connectivity index (χ0n) is 34.1. The molecule has 0 saturated carbocycles. The van der Waals surface area contributed by atoms with Crippen LogP contribution in [-0.2, 0) is 5.41 Å². The fourth-order valence-corrected chi connectivity index (χ4v) is 9.55. The van der Waals surface area contributed by atoms with Crippen LogP contribution in [0.5, 0.6) is 0 Å². The van der Waals surface area contributed by atoms with E-state index in [1.165, 1.54) is 33.0 Å². The highest BCUT2D eigenvalue weighted by Crippen LogP contribution is 2.54. The van der Waals surface area contributed by atoms with Crippen LogP contribution in [0.25, 0.3) is 99.6 Å². The highest BCUT2D eigenvalue weighted by Gasteiger charge is 2.38. The van der Waals surface area contributed by atoms with E-state index in [2.05, 4.69) is 132 Å². The number of nitriles is 1. The second-order valence-corrected chi connectivity index (χ2v) is 16.4. The van der Waals surface area contributed by atoms with Crippen molar-refractivity contribution in [3.8, 4) is 79.0 Å². The Morgan fingerprint density at radius 1 is 0.532 bits per heavy atom. The Labute approximate surface area is 360 Å². The number of fused-ring (bicyclic) bond motifs is 7. The van der Waals surface area contributed by atoms with E-state index in [9.17, 15) is 5.26 Å². The molecule has 0 atom stereocenters. The molecule has 1 aliphatic rings. The molecule has 2 aromatic heterocycles. The third-order valence-corrected chi connectivity index (χ3v) is 12.4. The van der Waals surface area contributed by atoms with Crippen molar-refractivity contribution < 1.29 is 0 Å². The molecule has 290 valence electrons. The van der Waals surface area contributed by atoms with Crippen LogP contribution in [0.4, 0.5) is 5.69 Å². The number of aromatic nitrogens is 3. The molecule has 5 nitrogen and oxygen atoms in total. The van der Waals surface area contributed by atoms with Gasteiger partial charge in [0.25, 0.3) is 0 Å². The summed E-state index contributed by atoms with van der Waals surface area (Å²) in [5.41, 5.74) is 17.6. The Bertz CT molecular complexity index is 3340. The van der Waals surface area contributed by atoms with E-state index < -0.39 is 0 Å². The first-order valence-corrected chi connectivity index (χ1v) is 20.7. The number of para-hydroxylation sites is 1. The molecule has 0 N–H and O–H groups in total. The van der Waals surface area contributed by atoms with Crippen LogP contribution >= 0.6 is 0 Å². The maximum Gasteiger partial charge on any atom is 0.187 e. The summed E-state index contributed by atoms with van der Waals surface area (Å²) in [4.78, 5) is 14.3. The maximum absolute atomic E-state index is 9.90. The topological polar surface area (TPSA) is 58.9 Å². The van der Waals surface area contributed by atoms with Gasteiger partial charge in [-0.05, 0) is 75.8 Å². The summed E-state index contributed by atoms with van der Waals surface area (Å²) in [5.74, 6) is 0.588. The molecule has 11 rings (SSSR count). The lowest BCUT2D eigenvalue weighted by molar-refractivity contribution is 0.666. The minimum absolute atomic E-state index is 0.240. The van der Waals surface area contributed by atoms with Crippen molar-refractivity contribution in [3.05, 3.63) is 216 Å². The molecule has 0 aliphatic heterocycles. The average Bonchev–Trinajstić information content (AvgIpc) is 3.79. The zero-order chi connectivity index (χ0) is 42.0. The van der Waals surface area contributed by atoms with Crippen molar-refractivity contribution >= 4 is 27.5 Å². The van der Waals surface area contributed by atoms with Crippen molar-refractivity contribution in [2.24, 2.45) is 0 Å². The Morgan fingerprint density at radius 2 is 1.11 bits per heavy atom. The van der Waals surface area contributed by atoms with Gasteiger partial charge >= 0.3 is 0 Å². The van der Waals surface area contributed by atoms with Gasteiger partial charge in [0.15, 0.2) is 11.5 Å². The smallest absolute Gasteiger partial charge is 0.187 e. The van der Waals surface area contributed by atoms with Crippen molar-refractivity contribution in [1.29, 1.82) is 5.26 Å². The standard InChI is InChI=1S/C57H37N5/c1-57(2)48-20-12-10-18-43(48)44-30-31-52-53(54(44)57)45-19-11-13-21-51(45)62(52)55-46(37-24-22-36(35-58)23-25-37)32-41(33-47(55)38-26-28-42(59-3)29-27-38)56-60-49(39-14-6-4-7-15-39)34-50(61-56)40-16-8-5-9-17-40/h4-34H,1-2H3. The van der Waals surface area contributed by atoms with Crippen LogP contribution < -0.4 is 0 Å². The van der Waals surface area contributed by atoms with Gasteiger partial charge in [0.05, 0.1) is 46.3 Å². The van der Waals surface area contributed by atoms with Crippen LogP contribution in [0.15, 0.2) is 188 Å². The molecule has 62 heavy (non-hydrogen) atoms. The van der Waals surface area contributed by atoms with E-state index in [-0.39, 0.29) is 5.41 Å². The van der Waals surface area contributed by atoms with Crippen LogP contribution in [0.2, 0.25) is 0 Å². The number of hydrogen-bond acceptors (Lipinski definition) is 3. The number of hydrogen-bond donors (Lipinski definition) is 0. The summed E-state index contributed by atoms with van der Waals surface area (Å²) in [7, 11) is 0. The summed E-state index contributed by atoms with van der Waals surface area (Å²) in [5, 5.41) is 12.3. The predicted octanol–water partition coefficient (Wildman–Crippen LogP) is 14.6. The summed E-state index contributed by atoms with van der Waals surface area (Å²) in [6.07, 6.45) is 0. The largest absolute Gasteiger partial charge is 0.308 e. The minimum atomic E-state index is -0.240. The highest BCUT2D eigenvalue weighted by molar-refractivity contribution is 6.15. The van der Waals surface area contributed by atoms with Gasteiger partial charge < -0.3 is 4.57 Å². The van der Waals surface area contributed by atoms with Crippen LogP contribution in [0.1, 0.15) is 30.5 Å². The molecule has 1 aliphatic carbocycles. The Balaban J connectivity index is 1.27. The average molecular weight is 792 g/mol. The van der Waals surface area contributed by atoms with Crippen molar-refractivity contribution in [2.45, 2.75) is 19.3 Å². The Hall–Kier alpha value is -8.38. The third kappa shape index (κ3) is 5.83. The zero-order valence-corrected chi connectivity index (χ0v) is 34.1. The molecule has 8 aromatic carbocycles. The molecule has 5 heteroatoms. The van der Waals surface area contributed by atoms with Crippen molar-refractivity contribution in [2.75, 3.05) is 0 Å². The monoisotopic (exact) mass is 791 g/mol. The van der Waals surface area contributed by atoms with Gasteiger partial charge in [-0.25, -0.2) is 14.8 Å². The normalized spacial score (nSPS) is 12.5. The molecule has 0 saturated heterocycles. The SMILES string of the molecule is [C-]#[N+]c1ccc(-c2cc(-c3nc(-c4ccccc4)cc(-c4ccccc4)n3)cc(-c3ccc(C#N)cc3)c2-n2c3ccccc3c3c4c(ccc32)-c2ccccc2C4(C)C)cc1. The summed E-state index contributed by atoms with van der Waals surface area (Å²) in [6.45, 7) is 12.5. The number of nitrogens with zero attached hydrogens (tertiary/aromatic N) is 5. The molecular weight excluding hydrogens is 755 g/mol. The van der Waals surface area contributed by atoms with Crippen molar-refractivity contribution in [1.82, 2.24) is 14.5 Å². The van der Waals surface area contributed by atoms with Gasteiger partial charge in [0, 0.05) is 44.0 Å². The molecule has 2 heterocycles. The predicted molar refractivity (Wildman–Crippen MR) is 252 cm³/mol. The number of benzene rings is 8.